The van der Waals surface area contributed by atoms with Crippen LogP contribution < -0.4 is 15.5 Å². The molecule has 0 aromatic heterocycles. The van der Waals surface area contributed by atoms with Gasteiger partial charge in [0.15, 0.2) is 0 Å². The number of ether oxygens (including phenoxy) is 1. The van der Waals surface area contributed by atoms with Crippen LogP contribution in [0.2, 0.25) is 0 Å². The van der Waals surface area contributed by atoms with E-state index in [1.165, 1.54) is 24.4 Å². The largest absolute Gasteiger partial charge is 0.481 e. The minimum atomic E-state index is -0.876. The van der Waals surface area contributed by atoms with Gasteiger partial charge in [0, 0.05) is 0 Å². The maximum atomic E-state index is 13.8. The number of terminal acetylenes is 1. The summed E-state index contributed by atoms with van der Waals surface area (Å²) in [6.07, 6.45) is 6.59. The first-order valence-electron chi connectivity index (χ1n) is 8.97. The first kappa shape index (κ1) is 21.6. The molecular weight excluding hydrogens is 373 g/mol. The summed E-state index contributed by atoms with van der Waals surface area (Å²) in [6.45, 7) is 3.72. The lowest BCUT2D eigenvalue weighted by molar-refractivity contribution is -0.123. The summed E-state index contributed by atoms with van der Waals surface area (Å²) in [7, 11) is 0. The topological polar surface area (TPSA) is 79.8 Å². The van der Waals surface area contributed by atoms with Crippen LogP contribution >= 0.6 is 0 Å². The fourth-order valence-corrected chi connectivity index (χ4v) is 2.41. The second-order valence-corrected chi connectivity index (χ2v) is 6.47. The molecule has 1 atom stereocenters. The number of halogens is 1. The van der Waals surface area contributed by atoms with Gasteiger partial charge in [-0.3, -0.25) is 9.59 Å². The summed E-state index contributed by atoms with van der Waals surface area (Å²) in [5.41, 5.74) is 3.00. The molecule has 0 heterocycles. The molecule has 7 heteroatoms. The normalized spacial score (nSPS) is 11.7. The van der Waals surface area contributed by atoms with Crippen LogP contribution in [0.15, 0.2) is 53.6 Å². The van der Waals surface area contributed by atoms with Crippen LogP contribution in [0.4, 0.5) is 4.39 Å². The van der Waals surface area contributed by atoms with Gasteiger partial charge in [0.25, 0.3) is 11.8 Å². The van der Waals surface area contributed by atoms with Crippen molar-refractivity contribution in [2.45, 2.75) is 19.9 Å². The van der Waals surface area contributed by atoms with E-state index in [1.807, 2.05) is 0 Å². The van der Waals surface area contributed by atoms with Gasteiger partial charge in [-0.15, -0.1) is 6.42 Å². The average Bonchev–Trinajstić information content (AvgIpc) is 2.71. The van der Waals surface area contributed by atoms with Crippen LogP contribution in [0.25, 0.3) is 0 Å². The molecule has 6 nitrogen and oxygen atoms in total. The molecule has 2 rings (SSSR count). The molecule has 0 aliphatic heterocycles. The number of nitrogens with one attached hydrogen (secondary N) is 2. The number of hydrazone groups is 1. The molecule has 2 aromatic rings. The standard InChI is InChI=1S/C22H22FN3O3/c1-4-13-29-17-11-9-16(10-12-17)14-24-26-22(28)20(15(2)3)25-21(27)18-7-5-6-8-19(18)23/h1,5-12,14-15,20H,13H2,2-3H3,(H,25,27)(H,26,28)/b24-14+. The van der Waals surface area contributed by atoms with E-state index < -0.39 is 23.7 Å². The zero-order chi connectivity index (χ0) is 21.2. The highest BCUT2D eigenvalue weighted by Crippen LogP contribution is 2.11. The lowest BCUT2D eigenvalue weighted by Crippen LogP contribution is -2.48. The number of rotatable bonds is 8. The first-order chi connectivity index (χ1) is 13.9. The Labute approximate surface area is 169 Å². The number of carbonyl (C=O) groups excluding carboxylic acids is 2. The van der Waals surface area contributed by atoms with Gasteiger partial charge in [0.2, 0.25) is 0 Å². The molecule has 0 fully saturated rings. The zero-order valence-electron chi connectivity index (χ0n) is 16.2. The Morgan fingerprint density at radius 2 is 1.90 bits per heavy atom. The number of hydrogen-bond acceptors (Lipinski definition) is 4. The van der Waals surface area contributed by atoms with Crippen LogP contribution in [-0.2, 0) is 4.79 Å². The van der Waals surface area contributed by atoms with E-state index in [9.17, 15) is 14.0 Å². The molecule has 2 N–H and O–H groups in total. The number of nitrogens with zero attached hydrogens (tertiary/aromatic N) is 1. The van der Waals surface area contributed by atoms with Gasteiger partial charge in [-0.2, -0.15) is 5.10 Å². The maximum absolute atomic E-state index is 13.8. The third-order valence-electron chi connectivity index (χ3n) is 3.94. The SMILES string of the molecule is C#CCOc1ccc(/C=N/NC(=O)C(NC(=O)c2ccccc2F)C(C)C)cc1. The summed E-state index contributed by atoms with van der Waals surface area (Å²) >= 11 is 0. The average molecular weight is 395 g/mol. The fraction of sp³-hybridized carbons (Fsp3) is 0.227. The van der Waals surface area contributed by atoms with Gasteiger partial charge in [-0.1, -0.05) is 31.9 Å². The number of benzene rings is 2. The van der Waals surface area contributed by atoms with Crippen molar-refractivity contribution in [3.63, 3.8) is 0 Å². The molecule has 0 spiro atoms. The van der Waals surface area contributed by atoms with Crippen molar-refractivity contribution >= 4 is 18.0 Å². The van der Waals surface area contributed by atoms with Gasteiger partial charge in [-0.05, 0) is 47.9 Å². The van der Waals surface area contributed by atoms with Crippen molar-refractivity contribution in [1.29, 1.82) is 0 Å². The highest BCUT2D eigenvalue weighted by atomic mass is 19.1. The Morgan fingerprint density at radius 1 is 1.21 bits per heavy atom. The van der Waals surface area contributed by atoms with E-state index in [0.717, 1.165) is 5.56 Å². The lowest BCUT2D eigenvalue weighted by atomic mass is 10.0. The van der Waals surface area contributed by atoms with Crippen molar-refractivity contribution < 1.29 is 18.7 Å². The summed E-state index contributed by atoms with van der Waals surface area (Å²) in [5, 5.41) is 6.46. The Hall–Kier alpha value is -3.66. The molecular formula is C22H22FN3O3. The summed E-state index contributed by atoms with van der Waals surface area (Å²) in [5.74, 6) is 0.954. The predicted molar refractivity (Wildman–Crippen MR) is 109 cm³/mol. The van der Waals surface area contributed by atoms with Crippen molar-refractivity contribution in [1.82, 2.24) is 10.7 Å². The number of carbonyl (C=O) groups is 2. The van der Waals surface area contributed by atoms with Crippen LogP contribution in [0.5, 0.6) is 5.75 Å². The smallest absolute Gasteiger partial charge is 0.262 e. The zero-order valence-corrected chi connectivity index (χ0v) is 16.2. The Bertz CT molecular complexity index is 918. The summed E-state index contributed by atoms with van der Waals surface area (Å²) < 4.78 is 19.1. The molecule has 1 unspecified atom stereocenters. The minimum Gasteiger partial charge on any atom is -0.481 e. The van der Waals surface area contributed by atoms with Crippen LogP contribution in [0.1, 0.15) is 29.8 Å². The molecule has 2 aromatic carbocycles. The van der Waals surface area contributed by atoms with Crippen LogP contribution in [-0.4, -0.2) is 30.7 Å². The van der Waals surface area contributed by atoms with E-state index >= 15 is 0 Å². The quantitative estimate of drug-likeness (QED) is 0.410. The molecule has 29 heavy (non-hydrogen) atoms. The molecule has 150 valence electrons. The van der Waals surface area contributed by atoms with Crippen LogP contribution in [0, 0.1) is 24.1 Å². The van der Waals surface area contributed by atoms with Gasteiger partial charge in [-0.25, -0.2) is 9.82 Å². The van der Waals surface area contributed by atoms with E-state index in [1.54, 1.807) is 44.2 Å². The van der Waals surface area contributed by atoms with Crippen LogP contribution in [0.3, 0.4) is 0 Å². The third-order valence-corrected chi connectivity index (χ3v) is 3.94. The Kier molecular flexibility index (Phi) is 7.92. The third kappa shape index (κ3) is 6.47. The molecule has 0 saturated carbocycles. The molecule has 2 amide bonds. The van der Waals surface area contributed by atoms with Gasteiger partial charge < -0.3 is 10.1 Å². The monoisotopic (exact) mass is 395 g/mol. The van der Waals surface area contributed by atoms with E-state index in [-0.39, 0.29) is 18.1 Å². The molecule has 0 aliphatic rings. The molecule has 0 bridgehead atoms. The van der Waals surface area contributed by atoms with Crippen molar-refractivity contribution in [3.05, 3.63) is 65.5 Å². The highest BCUT2D eigenvalue weighted by molar-refractivity contribution is 5.98. The van der Waals surface area contributed by atoms with Gasteiger partial charge in [0.1, 0.15) is 24.2 Å². The van der Waals surface area contributed by atoms with Gasteiger partial charge >= 0.3 is 0 Å². The van der Waals surface area contributed by atoms with Crippen molar-refractivity contribution in [2.75, 3.05) is 6.61 Å². The lowest BCUT2D eigenvalue weighted by Gasteiger charge is -2.20. The van der Waals surface area contributed by atoms with E-state index in [4.69, 9.17) is 11.2 Å². The summed E-state index contributed by atoms with van der Waals surface area (Å²) in [6, 6.07) is 11.7. The van der Waals surface area contributed by atoms with E-state index in [0.29, 0.717) is 5.75 Å². The molecule has 0 saturated heterocycles. The second-order valence-electron chi connectivity index (χ2n) is 6.47. The number of amides is 2. The first-order valence-corrected chi connectivity index (χ1v) is 8.97. The van der Waals surface area contributed by atoms with Gasteiger partial charge in [0.05, 0.1) is 11.8 Å². The minimum absolute atomic E-state index is 0.124. The van der Waals surface area contributed by atoms with Crippen molar-refractivity contribution in [3.8, 4) is 18.1 Å². The Balaban J connectivity index is 1.97. The molecule has 0 radical (unpaired) electrons. The van der Waals surface area contributed by atoms with Crippen molar-refractivity contribution in [2.24, 2.45) is 11.0 Å². The maximum Gasteiger partial charge on any atom is 0.262 e. The Morgan fingerprint density at radius 3 is 2.52 bits per heavy atom. The highest BCUT2D eigenvalue weighted by Gasteiger charge is 2.25. The molecule has 0 aliphatic carbocycles. The second kappa shape index (κ2) is 10.6. The number of hydrogen-bond donors (Lipinski definition) is 2. The fourth-order valence-electron chi connectivity index (χ4n) is 2.41. The summed E-state index contributed by atoms with van der Waals surface area (Å²) in [4.78, 5) is 24.7. The van der Waals surface area contributed by atoms with E-state index in [2.05, 4.69) is 21.8 Å². The predicted octanol–water partition coefficient (Wildman–Crippen LogP) is 2.74.